The Morgan fingerprint density at radius 1 is 1.00 bits per heavy atom. The molecule has 1 aliphatic heterocycles. The fourth-order valence-electron chi connectivity index (χ4n) is 3.77. The van der Waals surface area contributed by atoms with Gasteiger partial charge in [-0.25, -0.2) is 0 Å². The Morgan fingerprint density at radius 3 is 2.53 bits per heavy atom. The average molecular weight is 261 g/mol. The molecule has 2 fully saturated rings. The second-order valence-electron chi connectivity index (χ2n) is 6.34. The third-order valence-electron chi connectivity index (χ3n) is 4.91. The van der Waals surface area contributed by atoms with E-state index < -0.39 is 0 Å². The van der Waals surface area contributed by atoms with Crippen LogP contribution in [0.25, 0.3) is 0 Å². The molecule has 1 aromatic rings. The van der Waals surface area contributed by atoms with Gasteiger partial charge in [-0.3, -0.25) is 5.10 Å². The van der Waals surface area contributed by atoms with E-state index in [0.717, 1.165) is 12.3 Å². The summed E-state index contributed by atoms with van der Waals surface area (Å²) < 4.78 is 0. The molecular formula is C16H27N3. The van der Waals surface area contributed by atoms with Crippen molar-refractivity contribution in [3.63, 3.8) is 0 Å². The topological polar surface area (TPSA) is 40.7 Å². The zero-order chi connectivity index (χ0) is 12.9. The maximum atomic E-state index is 4.34. The van der Waals surface area contributed by atoms with Crippen molar-refractivity contribution in [2.45, 2.75) is 76.2 Å². The van der Waals surface area contributed by atoms with E-state index in [1.807, 2.05) is 0 Å². The fraction of sp³-hybridized carbons (Fsp3) is 0.812. The van der Waals surface area contributed by atoms with Gasteiger partial charge in [0.05, 0.1) is 6.20 Å². The number of H-pyrrole nitrogens is 1. The second kappa shape index (κ2) is 6.56. The lowest BCUT2D eigenvalue weighted by atomic mass is 9.89. The Labute approximate surface area is 116 Å². The number of piperidine rings is 1. The third kappa shape index (κ3) is 3.38. The molecule has 3 nitrogen and oxygen atoms in total. The quantitative estimate of drug-likeness (QED) is 0.817. The van der Waals surface area contributed by atoms with Gasteiger partial charge >= 0.3 is 0 Å². The molecule has 1 aliphatic carbocycles. The van der Waals surface area contributed by atoms with Crippen LogP contribution in [0.3, 0.4) is 0 Å². The molecule has 1 aromatic heterocycles. The van der Waals surface area contributed by atoms with Crippen LogP contribution in [0, 0.1) is 0 Å². The van der Waals surface area contributed by atoms with E-state index in [2.05, 4.69) is 21.7 Å². The molecule has 19 heavy (non-hydrogen) atoms. The highest BCUT2D eigenvalue weighted by Crippen LogP contribution is 2.33. The minimum atomic E-state index is 0.665. The summed E-state index contributed by atoms with van der Waals surface area (Å²) >= 11 is 0. The molecule has 106 valence electrons. The molecule has 0 radical (unpaired) electrons. The van der Waals surface area contributed by atoms with Crippen molar-refractivity contribution < 1.29 is 0 Å². The van der Waals surface area contributed by atoms with Crippen molar-refractivity contribution in [3.8, 4) is 0 Å². The highest BCUT2D eigenvalue weighted by Gasteiger charge is 2.21. The van der Waals surface area contributed by atoms with Gasteiger partial charge in [0.1, 0.15) is 0 Å². The van der Waals surface area contributed by atoms with Crippen molar-refractivity contribution in [1.29, 1.82) is 0 Å². The zero-order valence-corrected chi connectivity index (χ0v) is 12.0. The van der Waals surface area contributed by atoms with Gasteiger partial charge in [0.2, 0.25) is 0 Å². The van der Waals surface area contributed by atoms with Gasteiger partial charge in [0.25, 0.3) is 0 Å². The normalized spacial score (nSPS) is 26.2. The standard InChI is InChI=1S/C16H27N3/c1-2-4-8-13(7-3-1)15-12-18-19-16(15)11-14-9-5-6-10-17-14/h12-14,17H,1-11H2,(H,18,19). The minimum absolute atomic E-state index is 0.665. The Hall–Kier alpha value is -0.830. The summed E-state index contributed by atoms with van der Waals surface area (Å²) in [5.74, 6) is 0.764. The first-order valence-corrected chi connectivity index (χ1v) is 8.19. The summed E-state index contributed by atoms with van der Waals surface area (Å²) in [5.41, 5.74) is 2.93. The highest BCUT2D eigenvalue weighted by atomic mass is 15.1. The maximum Gasteiger partial charge on any atom is 0.0524 e. The van der Waals surface area contributed by atoms with Crippen LogP contribution in [0.2, 0.25) is 0 Å². The van der Waals surface area contributed by atoms with Gasteiger partial charge in [-0.05, 0) is 43.7 Å². The van der Waals surface area contributed by atoms with Crippen LogP contribution >= 0.6 is 0 Å². The number of hydrogen-bond acceptors (Lipinski definition) is 2. The molecule has 2 N–H and O–H groups in total. The van der Waals surface area contributed by atoms with Crippen LogP contribution in [0.15, 0.2) is 6.20 Å². The molecule has 0 amide bonds. The van der Waals surface area contributed by atoms with Crippen LogP contribution in [0.1, 0.15) is 75.0 Å². The summed E-state index contributed by atoms with van der Waals surface area (Å²) in [6, 6.07) is 0.665. The summed E-state index contributed by atoms with van der Waals surface area (Å²) in [6.45, 7) is 1.19. The van der Waals surface area contributed by atoms with Crippen LogP contribution < -0.4 is 5.32 Å². The molecule has 0 aromatic carbocycles. The molecule has 1 saturated carbocycles. The molecular weight excluding hydrogens is 234 g/mol. The smallest absolute Gasteiger partial charge is 0.0524 e. The lowest BCUT2D eigenvalue weighted by Crippen LogP contribution is -2.35. The Morgan fingerprint density at radius 2 is 1.79 bits per heavy atom. The van der Waals surface area contributed by atoms with Crippen LogP contribution in [0.5, 0.6) is 0 Å². The molecule has 0 bridgehead atoms. The lowest BCUT2D eigenvalue weighted by molar-refractivity contribution is 0.395. The Balaban J connectivity index is 1.66. The number of nitrogens with one attached hydrogen (secondary N) is 2. The van der Waals surface area contributed by atoms with Gasteiger partial charge in [-0.2, -0.15) is 5.10 Å². The molecule has 1 atom stereocenters. The summed E-state index contributed by atoms with van der Waals surface area (Å²) in [4.78, 5) is 0. The van der Waals surface area contributed by atoms with E-state index >= 15 is 0 Å². The van der Waals surface area contributed by atoms with E-state index in [1.165, 1.54) is 75.6 Å². The molecule has 1 unspecified atom stereocenters. The predicted octanol–water partition coefficient (Wildman–Crippen LogP) is 3.53. The van der Waals surface area contributed by atoms with Gasteiger partial charge in [0.15, 0.2) is 0 Å². The Bertz CT molecular complexity index is 371. The van der Waals surface area contributed by atoms with E-state index in [4.69, 9.17) is 0 Å². The van der Waals surface area contributed by atoms with Crippen molar-refractivity contribution >= 4 is 0 Å². The first kappa shape index (κ1) is 13.2. The SMILES string of the molecule is c1n[nH]c(CC2CCCCN2)c1C1CCCCCC1. The summed E-state index contributed by atoms with van der Waals surface area (Å²) in [7, 11) is 0. The van der Waals surface area contributed by atoms with E-state index in [1.54, 1.807) is 0 Å². The molecule has 0 spiro atoms. The van der Waals surface area contributed by atoms with E-state index in [-0.39, 0.29) is 0 Å². The van der Waals surface area contributed by atoms with Crippen LogP contribution in [-0.4, -0.2) is 22.8 Å². The third-order valence-corrected chi connectivity index (χ3v) is 4.91. The maximum absolute atomic E-state index is 4.34. The number of hydrogen-bond donors (Lipinski definition) is 2. The van der Waals surface area contributed by atoms with Gasteiger partial charge in [-0.15, -0.1) is 0 Å². The Kier molecular flexibility index (Phi) is 4.54. The summed E-state index contributed by atoms with van der Waals surface area (Å²) in [6.07, 6.45) is 15.7. The number of aromatic nitrogens is 2. The highest BCUT2D eigenvalue weighted by molar-refractivity contribution is 5.22. The summed E-state index contributed by atoms with van der Waals surface area (Å²) in [5, 5.41) is 11.3. The lowest BCUT2D eigenvalue weighted by Gasteiger charge is -2.24. The largest absolute Gasteiger partial charge is 0.314 e. The van der Waals surface area contributed by atoms with Crippen molar-refractivity contribution in [2.24, 2.45) is 0 Å². The predicted molar refractivity (Wildman–Crippen MR) is 78.4 cm³/mol. The minimum Gasteiger partial charge on any atom is -0.314 e. The van der Waals surface area contributed by atoms with Crippen LogP contribution in [-0.2, 0) is 6.42 Å². The van der Waals surface area contributed by atoms with Crippen molar-refractivity contribution in [3.05, 3.63) is 17.5 Å². The fourth-order valence-corrected chi connectivity index (χ4v) is 3.77. The zero-order valence-electron chi connectivity index (χ0n) is 12.0. The van der Waals surface area contributed by atoms with Crippen molar-refractivity contribution in [2.75, 3.05) is 6.54 Å². The van der Waals surface area contributed by atoms with Crippen molar-refractivity contribution in [1.82, 2.24) is 15.5 Å². The number of rotatable bonds is 3. The average Bonchev–Trinajstić information content (AvgIpc) is 2.74. The van der Waals surface area contributed by atoms with Crippen LogP contribution in [0.4, 0.5) is 0 Å². The molecule has 3 rings (SSSR count). The first-order chi connectivity index (χ1) is 9.43. The molecule has 1 saturated heterocycles. The molecule has 2 aliphatic rings. The van der Waals surface area contributed by atoms with E-state index in [0.29, 0.717) is 6.04 Å². The molecule has 2 heterocycles. The van der Waals surface area contributed by atoms with Gasteiger partial charge in [0, 0.05) is 18.2 Å². The monoisotopic (exact) mass is 261 g/mol. The number of nitrogens with zero attached hydrogens (tertiary/aromatic N) is 1. The molecule has 3 heteroatoms. The second-order valence-corrected chi connectivity index (χ2v) is 6.34. The van der Waals surface area contributed by atoms with Gasteiger partial charge < -0.3 is 5.32 Å². The first-order valence-electron chi connectivity index (χ1n) is 8.19. The van der Waals surface area contributed by atoms with E-state index in [9.17, 15) is 0 Å². The van der Waals surface area contributed by atoms with Gasteiger partial charge in [-0.1, -0.05) is 32.1 Å². The number of aromatic amines is 1.